The lowest BCUT2D eigenvalue weighted by atomic mass is 10.3. The average Bonchev–Trinajstić information content (AvgIpc) is 2.15. The number of carbonyl (C=O) groups excluding carboxylic acids is 1. The highest BCUT2D eigenvalue weighted by atomic mass is 35.5. The van der Waals surface area contributed by atoms with Crippen LogP contribution in [0, 0.1) is 0 Å². The monoisotopic (exact) mass is 216 g/mol. The molecule has 1 aromatic carbocycles. The van der Waals surface area contributed by atoms with E-state index in [0.29, 0.717) is 0 Å². The zero-order valence-electron chi connectivity index (χ0n) is 7.12. The first-order valence-electron chi connectivity index (χ1n) is 3.68. The third-order valence-corrected chi connectivity index (χ3v) is 2.76. The van der Waals surface area contributed by atoms with Gasteiger partial charge < -0.3 is 4.74 Å². The van der Waals surface area contributed by atoms with Gasteiger partial charge in [0, 0.05) is 4.90 Å². The summed E-state index contributed by atoms with van der Waals surface area (Å²) >= 11 is 6.60. The highest BCUT2D eigenvalue weighted by Crippen LogP contribution is 2.28. The van der Waals surface area contributed by atoms with Crippen LogP contribution in [-0.4, -0.2) is 18.1 Å². The fourth-order valence-electron chi connectivity index (χ4n) is 0.873. The van der Waals surface area contributed by atoms with Crippen LogP contribution in [0.4, 0.5) is 0 Å². The van der Waals surface area contributed by atoms with Crippen molar-refractivity contribution in [3.8, 4) is 5.75 Å². The van der Waals surface area contributed by atoms with E-state index in [4.69, 9.17) is 16.3 Å². The number of para-hydroxylation sites is 1. The van der Waals surface area contributed by atoms with Crippen molar-refractivity contribution in [2.45, 2.75) is 4.90 Å². The lowest BCUT2D eigenvalue weighted by Gasteiger charge is -2.05. The maximum Gasteiger partial charge on any atom is 0.231 e. The Bertz CT molecular complexity index is 301. The standard InChI is InChI=1S/C9H9ClO2S/c1-12-7-4-2-3-5-8(7)13-6-9(10)11/h2-5H,6H2,1H3. The van der Waals surface area contributed by atoms with Crippen LogP contribution >= 0.6 is 23.4 Å². The summed E-state index contributed by atoms with van der Waals surface area (Å²) in [5, 5.41) is -0.351. The summed E-state index contributed by atoms with van der Waals surface area (Å²) in [6, 6.07) is 7.51. The maximum absolute atomic E-state index is 10.5. The van der Waals surface area contributed by atoms with E-state index >= 15 is 0 Å². The van der Waals surface area contributed by atoms with E-state index in [9.17, 15) is 4.79 Å². The molecule has 0 N–H and O–H groups in total. The Morgan fingerprint density at radius 2 is 2.23 bits per heavy atom. The van der Waals surface area contributed by atoms with Crippen LogP contribution < -0.4 is 4.74 Å². The number of benzene rings is 1. The molecule has 0 spiro atoms. The van der Waals surface area contributed by atoms with Crippen molar-refractivity contribution < 1.29 is 9.53 Å². The van der Waals surface area contributed by atoms with Gasteiger partial charge in [0.2, 0.25) is 5.24 Å². The largest absolute Gasteiger partial charge is 0.496 e. The quantitative estimate of drug-likeness (QED) is 0.572. The van der Waals surface area contributed by atoms with Crippen molar-refractivity contribution in [1.82, 2.24) is 0 Å². The van der Waals surface area contributed by atoms with Crippen molar-refractivity contribution >= 4 is 28.6 Å². The molecule has 0 amide bonds. The first-order valence-corrected chi connectivity index (χ1v) is 5.04. The van der Waals surface area contributed by atoms with E-state index in [1.807, 2.05) is 24.3 Å². The lowest BCUT2D eigenvalue weighted by molar-refractivity contribution is -0.109. The van der Waals surface area contributed by atoms with Crippen molar-refractivity contribution in [2.24, 2.45) is 0 Å². The fourth-order valence-corrected chi connectivity index (χ4v) is 1.77. The van der Waals surface area contributed by atoms with Gasteiger partial charge >= 0.3 is 0 Å². The van der Waals surface area contributed by atoms with Gasteiger partial charge in [-0.1, -0.05) is 12.1 Å². The molecule has 0 aliphatic carbocycles. The van der Waals surface area contributed by atoms with Crippen LogP contribution in [0.25, 0.3) is 0 Å². The Morgan fingerprint density at radius 3 is 2.85 bits per heavy atom. The Balaban J connectivity index is 2.69. The second kappa shape index (κ2) is 5.14. The molecule has 0 aromatic heterocycles. The first kappa shape index (κ1) is 10.4. The van der Waals surface area contributed by atoms with Gasteiger partial charge in [0.15, 0.2) is 0 Å². The minimum Gasteiger partial charge on any atom is -0.496 e. The molecule has 0 radical (unpaired) electrons. The topological polar surface area (TPSA) is 26.3 Å². The van der Waals surface area contributed by atoms with Crippen LogP contribution in [0.15, 0.2) is 29.2 Å². The van der Waals surface area contributed by atoms with Gasteiger partial charge in [0.05, 0.1) is 12.9 Å². The summed E-state index contributed by atoms with van der Waals surface area (Å²) in [6.45, 7) is 0. The minimum absolute atomic E-state index is 0.266. The van der Waals surface area contributed by atoms with E-state index in [1.54, 1.807) is 7.11 Å². The predicted octanol–water partition coefficient (Wildman–Crippen LogP) is 2.55. The van der Waals surface area contributed by atoms with Crippen LogP contribution in [0.2, 0.25) is 0 Å². The molecule has 1 aromatic rings. The van der Waals surface area contributed by atoms with E-state index in [2.05, 4.69) is 0 Å². The molecular weight excluding hydrogens is 208 g/mol. The highest BCUT2D eigenvalue weighted by molar-refractivity contribution is 8.00. The Morgan fingerprint density at radius 1 is 1.54 bits per heavy atom. The van der Waals surface area contributed by atoms with Gasteiger partial charge in [-0.2, -0.15) is 0 Å². The van der Waals surface area contributed by atoms with Crippen molar-refractivity contribution in [2.75, 3.05) is 12.9 Å². The van der Waals surface area contributed by atoms with E-state index in [1.165, 1.54) is 11.8 Å². The smallest absolute Gasteiger partial charge is 0.231 e. The number of rotatable bonds is 4. The molecule has 0 aliphatic heterocycles. The number of methoxy groups -OCH3 is 1. The van der Waals surface area contributed by atoms with Crippen LogP contribution in [0.1, 0.15) is 0 Å². The Kier molecular flexibility index (Phi) is 4.12. The summed E-state index contributed by atoms with van der Waals surface area (Å²) in [5.41, 5.74) is 0. The van der Waals surface area contributed by atoms with Gasteiger partial charge in [-0.15, -0.1) is 11.8 Å². The van der Waals surface area contributed by atoms with E-state index in [0.717, 1.165) is 10.6 Å². The second-order valence-electron chi connectivity index (χ2n) is 2.29. The van der Waals surface area contributed by atoms with E-state index in [-0.39, 0.29) is 11.0 Å². The Labute approximate surface area is 86.2 Å². The van der Waals surface area contributed by atoms with Crippen molar-refractivity contribution in [3.63, 3.8) is 0 Å². The molecule has 70 valence electrons. The van der Waals surface area contributed by atoms with Crippen molar-refractivity contribution in [1.29, 1.82) is 0 Å². The molecule has 0 saturated heterocycles. The Hall–Kier alpha value is -0.670. The molecule has 0 fully saturated rings. The number of hydrogen-bond acceptors (Lipinski definition) is 3. The SMILES string of the molecule is COc1ccccc1SCC(=O)Cl. The highest BCUT2D eigenvalue weighted by Gasteiger charge is 2.03. The van der Waals surface area contributed by atoms with Gasteiger partial charge in [-0.3, -0.25) is 4.79 Å². The number of carbonyl (C=O) groups is 1. The zero-order valence-corrected chi connectivity index (χ0v) is 8.69. The normalized spacial score (nSPS) is 9.69. The summed E-state index contributed by atoms with van der Waals surface area (Å²) in [4.78, 5) is 11.5. The molecule has 0 aliphatic rings. The molecule has 1 rings (SSSR count). The first-order chi connectivity index (χ1) is 6.24. The lowest BCUT2D eigenvalue weighted by Crippen LogP contribution is -1.91. The summed E-state index contributed by atoms with van der Waals surface area (Å²) in [7, 11) is 1.60. The fraction of sp³-hybridized carbons (Fsp3) is 0.222. The van der Waals surface area contributed by atoms with Crippen LogP contribution in [0.5, 0.6) is 5.75 Å². The molecule has 4 heteroatoms. The molecule has 2 nitrogen and oxygen atoms in total. The molecule has 0 heterocycles. The number of halogens is 1. The average molecular weight is 217 g/mol. The number of ether oxygens (including phenoxy) is 1. The minimum atomic E-state index is -0.351. The van der Waals surface area contributed by atoms with Gasteiger partial charge in [0.25, 0.3) is 0 Å². The number of hydrogen-bond donors (Lipinski definition) is 0. The van der Waals surface area contributed by atoms with Gasteiger partial charge in [0.1, 0.15) is 5.75 Å². The summed E-state index contributed by atoms with van der Waals surface area (Å²) in [6.07, 6.45) is 0. The van der Waals surface area contributed by atoms with Crippen LogP contribution in [-0.2, 0) is 4.79 Å². The molecule has 0 saturated carbocycles. The van der Waals surface area contributed by atoms with Crippen LogP contribution in [0.3, 0.4) is 0 Å². The maximum atomic E-state index is 10.5. The predicted molar refractivity (Wildman–Crippen MR) is 54.6 cm³/mol. The second-order valence-corrected chi connectivity index (χ2v) is 3.73. The third-order valence-electron chi connectivity index (χ3n) is 1.41. The van der Waals surface area contributed by atoms with Gasteiger partial charge in [-0.05, 0) is 23.7 Å². The molecule has 0 atom stereocenters. The third kappa shape index (κ3) is 3.28. The summed E-state index contributed by atoms with van der Waals surface area (Å²) in [5.74, 6) is 1.03. The van der Waals surface area contributed by atoms with Crippen molar-refractivity contribution in [3.05, 3.63) is 24.3 Å². The van der Waals surface area contributed by atoms with E-state index < -0.39 is 0 Å². The summed E-state index contributed by atoms with van der Waals surface area (Å²) < 4.78 is 5.10. The zero-order chi connectivity index (χ0) is 9.68. The molecule has 13 heavy (non-hydrogen) atoms. The number of thioether (sulfide) groups is 1. The molecular formula is C9H9ClO2S. The molecule has 0 bridgehead atoms. The van der Waals surface area contributed by atoms with Gasteiger partial charge in [-0.25, -0.2) is 0 Å². The molecule has 0 unspecified atom stereocenters.